The number of nitrogens with one attached hydrogen (secondary N) is 1. The molecule has 7 nitrogen and oxygen atoms in total. The standard InChI is InChI=1S/C14H17FN4O3/c1-6(2)18-5-7(3)19-9-8(13(20)17-16-12(9)15)11(22-4)10(19)14(18)21/h6-7H,5H2,1-4H3,(H,17,20). The average Bonchev–Trinajstić information content (AvgIpc) is 2.83. The van der Waals surface area contributed by atoms with Crippen LogP contribution in [-0.2, 0) is 0 Å². The van der Waals surface area contributed by atoms with Crippen LogP contribution in [0, 0.1) is 5.95 Å². The van der Waals surface area contributed by atoms with Crippen molar-refractivity contribution in [1.82, 2.24) is 19.7 Å². The van der Waals surface area contributed by atoms with Crippen molar-refractivity contribution >= 4 is 16.8 Å². The minimum atomic E-state index is -0.822. The molecule has 1 aliphatic heterocycles. The van der Waals surface area contributed by atoms with Crippen molar-refractivity contribution in [3.05, 3.63) is 22.0 Å². The lowest BCUT2D eigenvalue weighted by Gasteiger charge is -2.36. The smallest absolute Gasteiger partial charge is 0.277 e. The van der Waals surface area contributed by atoms with Crippen LogP contribution in [0.15, 0.2) is 4.79 Å². The molecule has 8 heteroatoms. The first kappa shape index (κ1) is 14.6. The van der Waals surface area contributed by atoms with Crippen LogP contribution in [0.4, 0.5) is 4.39 Å². The molecule has 0 aromatic carbocycles. The summed E-state index contributed by atoms with van der Waals surface area (Å²) >= 11 is 0. The summed E-state index contributed by atoms with van der Waals surface area (Å²) in [6.07, 6.45) is 0. The molecule has 118 valence electrons. The van der Waals surface area contributed by atoms with Gasteiger partial charge in [0.2, 0.25) is 0 Å². The van der Waals surface area contributed by atoms with Gasteiger partial charge in [-0.2, -0.15) is 4.39 Å². The van der Waals surface area contributed by atoms with Crippen molar-refractivity contribution in [2.24, 2.45) is 0 Å². The van der Waals surface area contributed by atoms with Gasteiger partial charge in [-0.15, -0.1) is 5.10 Å². The summed E-state index contributed by atoms with van der Waals surface area (Å²) in [6, 6.07) is -0.202. The number of halogens is 1. The molecule has 0 aliphatic carbocycles. The van der Waals surface area contributed by atoms with Crippen molar-refractivity contribution in [2.75, 3.05) is 13.7 Å². The molecular weight excluding hydrogens is 291 g/mol. The van der Waals surface area contributed by atoms with Crippen LogP contribution in [0.2, 0.25) is 0 Å². The van der Waals surface area contributed by atoms with E-state index in [0.717, 1.165) is 0 Å². The number of aromatic amines is 1. The predicted octanol–water partition coefficient (Wildman–Crippen LogP) is 1.30. The van der Waals surface area contributed by atoms with Gasteiger partial charge in [-0.25, -0.2) is 5.10 Å². The van der Waals surface area contributed by atoms with Crippen LogP contribution in [0.25, 0.3) is 10.9 Å². The number of carbonyl (C=O) groups excluding carboxylic acids is 1. The molecule has 1 aliphatic rings. The Kier molecular flexibility index (Phi) is 3.19. The molecular formula is C14H17FN4O3. The molecule has 1 atom stereocenters. The third kappa shape index (κ3) is 1.76. The summed E-state index contributed by atoms with van der Waals surface area (Å²) < 4.78 is 21.0. The van der Waals surface area contributed by atoms with Crippen LogP contribution in [0.5, 0.6) is 5.75 Å². The minimum Gasteiger partial charge on any atom is -0.493 e. The number of hydrogen-bond donors (Lipinski definition) is 1. The number of nitrogens with zero attached hydrogens (tertiary/aromatic N) is 3. The number of fused-ring (bicyclic) bond motifs is 3. The maximum absolute atomic E-state index is 14.2. The van der Waals surface area contributed by atoms with E-state index in [1.807, 2.05) is 20.8 Å². The lowest BCUT2D eigenvalue weighted by molar-refractivity contribution is 0.0615. The van der Waals surface area contributed by atoms with E-state index in [1.165, 1.54) is 11.7 Å². The van der Waals surface area contributed by atoms with Crippen LogP contribution < -0.4 is 10.3 Å². The number of methoxy groups -OCH3 is 1. The maximum atomic E-state index is 14.2. The first-order valence-electron chi connectivity index (χ1n) is 7.05. The largest absolute Gasteiger partial charge is 0.493 e. The Hall–Kier alpha value is -2.38. The molecule has 0 radical (unpaired) electrons. The molecule has 3 heterocycles. The first-order chi connectivity index (χ1) is 10.4. The minimum absolute atomic E-state index is 0.00678. The van der Waals surface area contributed by atoms with Crippen LogP contribution in [0.1, 0.15) is 37.3 Å². The quantitative estimate of drug-likeness (QED) is 0.907. The molecule has 0 spiro atoms. The molecule has 1 unspecified atom stereocenters. The number of carbonyl (C=O) groups is 1. The number of H-pyrrole nitrogens is 1. The summed E-state index contributed by atoms with van der Waals surface area (Å²) in [6.45, 7) is 6.11. The fourth-order valence-electron chi connectivity index (χ4n) is 3.06. The van der Waals surface area contributed by atoms with Gasteiger partial charge in [0, 0.05) is 18.6 Å². The fraction of sp³-hybridized carbons (Fsp3) is 0.500. The SMILES string of the molecule is COc1c2n(c3c(F)n[nH]c(=O)c13)C(C)CN(C(C)C)C2=O. The van der Waals surface area contributed by atoms with E-state index in [9.17, 15) is 14.0 Å². The Labute approximate surface area is 125 Å². The zero-order chi connectivity index (χ0) is 16.2. The van der Waals surface area contributed by atoms with Gasteiger partial charge in [0.1, 0.15) is 10.9 Å². The van der Waals surface area contributed by atoms with E-state index in [2.05, 4.69) is 10.2 Å². The van der Waals surface area contributed by atoms with Crippen molar-refractivity contribution in [3.8, 4) is 5.75 Å². The molecule has 22 heavy (non-hydrogen) atoms. The highest BCUT2D eigenvalue weighted by Crippen LogP contribution is 2.38. The number of aromatic nitrogens is 3. The van der Waals surface area contributed by atoms with Crippen molar-refractivity contribution in [3.63, 3.8) is 0 Å². The molecule has 0 bridgehead atoms. The van der Waals surface area contributed by atoms with Gasteiger partial charge >= 0.3 is 0 Å². The van der Waals surface area contributed by atoms with E-state index in [-0.39, 0.29) is 40.3 Å². The Morgan fingerprint density at radius 3 is 2.68 bits per heavy atom. The van der Waals surface area contributed by atoms with E-state index in [1.54, 1.807) is 4.90 Å². The van der Waals surface area contributed by atoms with Gasteiger partial charge in [-0.05, 0) is 20.8 Å². The van der Waals surface area contributed by atoms with E-state index in [4.69, 9.17) is 4.74 Å². The maximum Gasteiger partial charge on any atom is 0.277 e. The number of ether oxygens (including phenoxy) is 1. The second-order valence-electron chi connectivity index (χ2n) is 5.72. The normalized spacial score (nSPS) is 18.2. The molecule has 1 amide bonds. The van der Waals surface area contributed by atoms with Crippen LogP contribution in [-0.4, -0.2) is 45.3 Å². The first-order valence-corrected chi connectivity index (χ1v) is 7.05. The van der Waals surface area contributed by atoms with Crippen molar-refractivity contribution < 1.29 is 13.9 Å². The predicted molar refractivity (Wildman–Crippen MR) is 77.7 cm³/mol. The second kappa shape index (κ2) is 4.82. The Morgan fingerprint density at radius 1 is 1.41 bits per heavy atom. The molecule has 1 N–H and O–H groups in total. The zero-order valence-corrected chi connectivity index (χ0v) is 12.8. The molecule has 3 rings (SSSR count). The monoisotopic (exact) mass is 308 g/mol. The van der Waals surface area contributed by atoms with Gasteiger partial charge < -0.3 is 14.2 Å². The topological polar surface area (TPSA) is 80.2 Å². The zero-order valence-electron chi connectivity index (χ0n) is 12.8. The van der Waals surface area contributed by atoms with Gasteiger partial charge in [0.15, 0.2) is 11.4 Å². The van der Waals surface area contributed by atoms with E-state index >= 15 is 0 Å². The summed E-state index contributed by atoms with van der Waals surface area (Å²) in [5.74, 6) is -1.00. The van der Waals surface area contributed by atoms with E-state index < -0.39 is 11.5 Å². The van der Waals surface area contributed by atoms with Gasteiger partial charge in [-0.1, -0.05) is 0 Å². The molecule has 0 saturated heterocycles. The number of rotatable bonds is 2. The van der Waals surface area contributed by atoms with Crippen molar-refractivity contribution in [2.45, 2.75) is 32.9 Å². The summed E-state index contributed by atoms with van der Waals surface area (Å²) in [5.41, 5.74) is -0.367. The molecule has 0 fully saturated rings. The van der Waals surface area contributed by atoms with Gasteiger partial charge in [0.25, 0.3) is 17.4 Å². The van der Waals surface area contributed by atoms with Crippen molar-refractivity contribution in [1.29, 1.82) is 0 Å². The molecule has 2 aromatic rings. The third-order valence-electron chi connectivity index (χ3n) is 4.03. The lowest BCUT2D eigenvalue weighted by Crippen LogP contribution is -2.45. The van der Waals surface area contributed by atoms with E-state index in [0.29, 0.717) is 6.54 Å². The molecule has 2 aromatic heterocycles. The van der Waals surface area contributed by atoms with Gasteiger partial charge in [0.05, 0.1) is 7.11 Å². The Balaban J connectivity index is 2.44. The molecule has 0 saturated carbocycles. The number of hydrogen-bond acceptors (Lipinski definition) is 4. The number of amides is 1. The third-order valence-corrected chi connectivity index (χ3v) is 4.03. The fourth-order valence-corrected chi connectivity index (χ4v) is 3.06. The average molecular weight is 308 g/mol. The highest BCUT2D eigenvalue weighted by molar-refractivity contribution is 6.04. The summed E-state index contributed by atoms with van der Waals surface area (Å²) in [7, 11) is 1.36. The second-order valence-corrected chi connectivity index (χ2v) is 5.72. The highest BCUT2D eigenvalue weighted by atomic mass is 19.1. The van der Waals surface area contributed by atoms with Crippen LogP contribution >= 0.6 is 0 Å². The summed E-state index contributed by atoms with van der Waals surface area (Å²) in [5, 5.41) is 5.49. The summed E-state index contributed by atoms with van der Waals surface area (Å²) in [4.78, 5) is 26.5. The van der Waals surface area contributed by atoms with Gasteiger partial charge in [-0.3, -0.25) is 9.59 Å². The Bertz CT molecular complexity index is 824. The highest BCUT2D eigenvalue weighted by Gasteiger charge is 2.38. The lowest BCUT2D eigenvalue weighted by atomic mass is 10.1. The Morgan fingerprint density at radius 2 is 2.09 bits per heavy atom. The van der Waals surface area contributed by atoms with Crippen LogP contribution in [0.3, 0.4) is 0 Å².